The van der Waals surface area contributed by atoms with Crippen LogP contribution in [0.5, 0.6) is 5.75 Å². The van der Waals surface area contributed by atoms with Gasteiger partial charge in [0.05, 0.1) is 17.1 Å². The van der Waals surface area contributed by atoms with Crippen LogP contribution in [0.3, 0.4) is 0 Å². The zero-order chi connectivity index (χ0) is 26.4. The summed E-state index contributed by atoms with van der Waals surface area (Å²) in [6.07, 6.45) is 3.49. The lowest BCUT2D eigenvalue weighted by Gasteiger charge is -2.50. The summed E-state index contributed by atoms with van der Waals surface area (Å²) in [6, 6.07) is 7.44. The van der Waals surface area contributed by atoms with E-state index < -0.39 is 54.0 Å². The third kappa shape index (κ3) is 4.56. The molecular formula is C25H29ClF2N2O5S2. The Morgan fingerprint density at radius 1 is 0.973 bits per heavy atom. The van der Waals surface area contributed by atoms with Crippen LogP contribution < -0.4 is 9.46 Å². The van der Waals surface area contributed by atoms with Crippen LogP contribution in [0.1, 0.15) is 44.1 Å². The van der Waals surface area contributed by atoms with Crippen LogP contribution in [0.25, 0.3) is 0 Å². The molecule has 1 aliphatic carbocycles. The van der Waals surface area contributed by atoms with Crippen molar-refractivity contribution in [3.63, 3.8) is 0 Å². The van der Waals surface area contributed by atoms with Crippen molar-refractivity contribution in [2.45, 2.75) is 48.2 Å². The van der Waals surface area contributed by atoms with Crippen molar-refractivity contribution in [1.29, 1.82) is 0 Å². The van der Waals surface area contributed by atoms with Gasteiger partial charge in [0.15, 0.2) is 21.4 Å². The molecule has 0 unspecified atom stereocenters. The van der Waals surface area contributed by atoms with E-state index in [4.69, 9.17) is 16.3 Å². The third-order valence-electron chi connectivity index (χ3n) is 7.97. The lowest BCUT2D eigenvalue weighted by atomic mass is 9.67. The van der Waals surface area contributed by atoms with E-state index in [0.29, 0.717) is 31.0 Å². The number of piperidine rings is 1. The molecule has 0 spiro atoms. The second-order valence-corrected chi connectivity index (χ2v) is 14.4. The van der Waals surface area contributed by atoms with Crippen LogP contribution in [0.2, 0.25) is 5.02 Å². The van der Waals surface area contributed by atoms with Crippen molar-refractivity contribution in [3.05, 3.63) is 58.6 Å². The molecule has 2 heterocycles. The van der Waals surface area contributed by atoms with E-state index in [1.165, 1.54) is 28.6 Å². The van der Waals surface area contributed by atoms with Crippen molar-refractivity contribution in [1.82, 2.24) is 9.03 Å². The molecule has 1 saturated heterocycles. The van der Waals surface area contributed by atoms with Crippen molar-refractivity contribution in [3.8, 4) is 5.75 Å². The number of fused-ring (bicyclic) bond motifs is 3. The topological polar surface area (TPSA) is 92.8 Å². The number of benzene rings is 2. The maximum atomic E-state index is 15.5. The largest absolute Gasteiger partial charge is 0.490 e. The predicted molar refractivity (Wildman–Crippen MR) is 135 cm³/mol. The maximum absolute atomic E-state index is 15.5. The summed E-state index contributed by atoms with van der Waals surface area (Å²) in [5, 5.41) is 0.339. The molecule has 0 aromatic heterocycles. The predicted octanol–water partition coefficient (Wildman–Crippen LogP) is 4.42. The Morgan fingerprint density at radius 3 is 2.35 bits per heavy atom. The minimum absolute atomic E-state index is 0.0307. The number of rotatable bonds is 6. The molecule has 202 valence electrons. The summed E-state index contributed by atoms with van der Waals surface area (Å²) in [5.74, 6) is -3.40. The molecule has 3 aliphatic rings. The van der Waals surface area contributed by atoms with E-state index >= 15 is 4.39 Å². The number of sulfone groups is 1. The smallest absolute Gasteiger partial charge is 0.279 e. The van der Waals surface area contributed by atoms with E-state index in [-0.39, 0.29) is 30.0 Å². The van der Waals surface area contributed by atoms with Crippen molar-refractivity contribution < 1.29 is 30.4 Å². The highest BCUT2D eigenvalue weighted by atomic mass is 35.5. The second-order valence-electron chi connectivity index (χ2n) is 9.96. The summed E-state index contributed by atoms with van der Waals surface area (Å²) in [7, 11) is -8.06. The molecule has 2 aromatic carbocycles. The quantitative estimate of drug-likeness (QED) is 0.551. The minimum atomic E-state index is -4.29. The molecule has 7 nitrogen and oxygen atoms in total. The third-order valence-corrected chi connectivity index (χ3v) is 12.4. The number of nitrogens with zero attached hydrogens (tertiary/aromatic N) is 1. The van der Waals surface area contributed by atoms with E-state index in [1.807, 2.05) is 0 Å². The van der Waals surface area contributed by atoms with E-state index in [1.54, 1.807) is 0 Å². The van der Waals surface area contributed by atoms with E-state index in [2.05, 4.69) is 4.72 Å². The van der Waals surface area contributed by atoms with Gasteiger partial charge in [-0.15, -0.1) is 0 Å². The number of nitrogens with one attached hydrogen (secondary N) is 1. The number of ether oxygens (including phenoxy) is 1. The Hall–Kier alpha value is -1.79. The van der Waals surface area contributed by atoms with Gasteiger partial charge in [0.2, 0.25) is 0 Å². The van der Waals surface area contributed by atoms with Crippen LogP contribution in [0, 0.1) is 23.5 Å². The Kier molecular flexibility index (Phi) is 7.29. The summed E-state index contributed by atoms with van der Waals surface area (Å²) >= 11 is 5.99. The number of halogens is 3. The van der Waals surface area contributed by atoms with Gasteiger partial charge >= 0.3 is 0 Å². The van der Waals surface area contributed by atoms with E-state index in [0.717, 1.165) is 31.4 Å². The maximum Gasteiger partial charge on any atom is 0.279 e. The zero-order valence-electron chi connectivity index (χ0n) is 20.1. The first-order valence-electron chi connectivity index (χ1n) is 12.4. The normalized spacial score (nSPS) is 26.7. The van der Waals surface area contributed by atoms with Crippen molar-refractivity contribution in [2.75, 3.05) is 26.2 Å². The fourth-order valence-corrected chi connectivity index (χ4v) is 10.1. The van der Waals surface area contributed by atoms with Gasteiger partial charge in [-0.2, -0.15) is 12.7 Å². The van der Waals surface area contributed by atoms with Gasteiger partial charge < -0.3 is 4.74 Å². The molecule has 3 atom stereocenters. The van der Waals surface area contributed by atoms with Crippen molar-refractivity contribution in [2.24, 2.45) is 11.8 Å². The molecule has 12 heteroatoms. The molecule has 2 aromatic rings. The first-order chi connectivity index (χ1) is 17.6. The van der Waals surface area contributed by atoms with Gasteiger partial charge in [-0.25, -0.2) is 21.9 Å². The molecule has 0 radical (unpaired) electrons. The lowest BCUT2D eigenvalue weighted by Crippen LogP contribution is -2.56. The molecule has 1 saturated carbocycles. The molecule has 2 aliphatic heterocycles. The standard InChI is InChI=1S/C25H29ClF2N2O5S2/c26-18-6-8-19(9-7-18)36(31,32)25-12-4-5-17(15-29-37(33,34)30-13-2-1-3-14-30)20(25)16-35-24-22(28)11-10-21(27)23(24)25/h6-11,17,20,29H,1-5,12-16H2/t17-,20-,25-/m0/s1. The first kappa shape index (κ1) is 26.8. The molecule has 5 rings (SSSR count). The fraction of sp³-hybridized carbons (Fsp3) is 0.520. The minimum Gasteiger partial charge on any atom is -0.490 e. The van der Waals surface area contributed by atoms with Gasteiger partial charge in [-0.1, -0.05) is 24.4 Å². The van der Waals surface area contributed by atoms with Gasteiger partial charge in [-0.05, 0) is 68.0 Å². The van der Waals surface area contributed by atoms with Gasteiger partial charge in [0.1, 0.15) is 10.6 Å². The van der Waals surface area contributed by atoms with Crippen LogP contribution in [0.15, 0.2) is 41.3 Å². The van der Waals surface area contributed by atoms with Crippen molar-refractivity contribution >= 4 is 31.6 Å². The molecule has 1 N–H and O–H groups in total. The highest BCUT2D eigenvalue weighted by Gasteiger charge is 2.60. The van der Waals surface area contributed by atoms with Crippen LogP contribution in [-0.4, -0.2) is 47.4 Å². The summed E-state index contributed by atoms with van der Waals surface area (Å²) in [6.45, 7) is 0.645. The molecule has 0 bridgehead atoms. The SMILES string of the molecule is O=S(=O)(NC[C@@H]1CCC[C@@]2(S(=O)(=O)c3ccc(Cl)cc3)c3c(F)ccc(F)c3OC[C@@H]12)N1CCCCC1. The van der Waals surface area contributed by atoms with Crippen LogP contribution in [0.4, 0.5) is 8.78 Å². The summed E-state index contributed by atoms with van der Waals surface area (Å²) in [5.41, 5.74) is -0.317. The van der Waals surface area contributed by atoms with Gasteiger partial charge in [-0.3, -0.25) is 0 Å². The monoisotopic (exact) mass is 574 g/mol. The molecule has 37 heavy (non-hydrogen) atoms. The average Bonchev–Trinajstić information content (AvgIpc) is 2.89. The zero-order valence-corrected chi connectivity index (χ0v) is 22.5. The highest BCUT2D eigenvalue weighted by Crippen LogP contribution is 2.58. The molecule has 2 fully saturated rings. The second kappa shape index (κ2) is 10.1. The summed E-state index contributed by atoms with van der Waals surface area (Å²) in [4.78, 5) is -0.0621. The van der Waals surface area contributed by atoms with Gasteiger partial charge in [0.25, 0.3) is 10.2 Å². The molecule has 0 amide bonds. The fourth-order valence-electron chi connectivity index (χ4n) is 6.16. The number of hydrogen-bond donors (Lipinski definition) is 1. The van der Waals surface area contributed by atoms with Crippen LogP contribution >= 0.6 is 11.6 Å². The number of hydrogen-bond acceptors (Lipinski definition) is 5. The van der Waals surface area contributed by atoms with E-state index in [9.17, 15) is 21.2 Å². The average molecular weight is 575 g/mol. The Labute approximate surface area is 221 Å². The van der Waals surface area contributed by atoms with Crippen LogP contribution in [-0.2, 0) is 24.8 Å². The van der Waals surface area contributed by atoms with Gasteiger partial charge in [0, 0.05) is 30.6 Å². The summed E-state index contributed by atoms with van der Waals surface area (Å²) < 4.78 is 92.8. The Balaban J connectivity index is 1.58. The Bertz CT molecular complexity index is 1380. The Morgan fingerprint density at radius 2 is 1.65 bits per heavy atom. The lowest BCUT2D eigenvalue weighted by molar-refractivity contribution is 0.0768. The highest BCUT2D eigenvalue weighted by molar-refractivity contribution is 7.92. The molecular weight excluding hydrogens is 546 g/mol. The first-order valence-corrected chi connectivity index (χ1v) is 15.7.